The molecule has 0 aliphatic carbocycles. The number of nitrogens with zero attached hydrogens (tertiary/aromatic N) is 3. The van der Waals surface area contributed by atoms with Crippen molar-refractivity contribution in [3.05, 3.63) is 76.6 Å². The Morgan fingerprint density at radius 2 is 2.00 bits per heavy atom. The Bertz CT molecular complexity index is 1400. The fourth-order valence-electron chi connectivity index (χ4n) is 3.46. The molecule has 6 nitrogen and oxygen atoms in total. The van der Waals surface area contributed by atoms with Gasteiger partial charge in [0.25, 0.3) is 5.91 Å². The number of carbonyl (C=O) groups excluding carboxylic acids is 1. The Morgan fingerprint density at radius 1 is 1.13 bits per heavy atom. The zero-order valence-electron chi connectivity index (χ0n) is 15.8. The van der Waals surface area contributed by atoms with E-state index in [4.69, 9.17) is 0 Å². The molecule has 0 unspecified atom stereocenters. The Hall–Kier alpha value is -3.66. The molecule has 10 heteroatoms. The SMILES string of the molecule is O=C(Nc1cnc2[nH]ccc2c1)c1cc2ccc(C(F)(F)F)cc2n1Cc1nccs1. The van der Waals surface area contributed by atoms with E-state index in [1.807, 2.05) is 6.07 Å². The highest BCUT2D eigenvalue weighted by Crippen LogP contribution is 2.33. The summed E-state index contributed by atoms with van der Waals surface area (Å²) in [5, 5.41) is 6.61. The van der Waals surface area contributed by atoms with E-state index in [0.29, 0.717) is 27.2 Å². The molecule has 0 bridgehead atoms. The summed E-state index contributed by atoms with van der Waals surface area (Å²) in [6.07, 6.45) is 0.397. The smallest absolute Gasteiger partial charge is 0.346 e. The second kappa shape index (κ2) is 7.24. The number of rotatable bonds is 4. The van der Waals surface area contributed by atoms with Crippen molar-refractivity contribution in [3.8, 4) is 0 Å². The Labute approximate surface area is 177 Å². The van der Waals surface area contributed by atoms with Crippen molar-refractivity contribution in [1.82, 2.24) is 19.5 Å². The van der Waals surface area contributed by atoms with E-state index >= 15 is 0 Å². The molecule has 0 spiro atoms. The van der Waals surface area contributed by atoms with Gasteiger partial charge in [-0.25, -0.2) is 9.97 Å². The number of benzene rings is 1. The van der Waals surface area contributed by atoms with E-state index in [1.54, 1.807) is 34.5 Å². The molecule has 0 fully saturated rings. The van der Waals surface area contributed by atoms with Gasteiger partial charge in [-0.1, -0.05) is 6.07 Å². The van der Waals surface area contributed by atoms with Crippen LogP contribution in [-0.2, 0) is 12.7 Å². The maximum absolute atomic E-state index is 13.3. The molecule has 1 aromatic carbocycles. The largest absolute Gasteiger partial charge is 0.416 e. The maximum atomic E-state index is 13.3. The van der Waals surface area contributed by atoms with Crippen LogP contribution >= 0.6 is 11.3 Å². The zero-order valence-corrected chi connectivity index (χ0v) is 16.6. The normalized spacial score (nSPS) is 12.0. The Morgan fingerprint density at radius 3 is 2.77 bits per heavy atom. The average molecular weight is 441 g/mol. The number of nitrogens with one attached hydrogen (secondary N) is 2. The van der Waals surface area contributed by atoms with Crippen LogP contribution in [0.25, 0.3) is 21.9 Å². The molecule has 0 aliphatic rings. The van der Waals surface area contributed by atoms with Crippen LogP contribution in [0, 0.1) is 0 Å². The third kappa shape index (κ3) is 3.66. The molecule has 0 radical (unpaired) electrons. The molecule has 0 aliphatic heterocycles. The molecule has 0 saturated carbocycles. The predicted molar refractivity (Wildman–Crippen MR) is 112 cm³/mol. The number of aromatic nitrogens is 4. The van der Waals surface area contributed by atoms with E-state index in [2.05, 4.69) is 20.3 Å². The molecule has 31 heavy (non-hydrogen) atoms. The number of thiazole rings is 1. The molecule has 156 valence electrons. The van der Waals surface area contributed by atoms with Crippen LogP contribution in [0.15, 0.2) is 60.4 Å². The van der Waals surface area contributed by atoms with Gasteiger partial charge in [-0.3, -0.25) is 4.79 Å². The lowest BCUT2D eigenvalue weighted by molar-refractivity contribution is -0.137. The summed E-state index contributed by atoms with van der Waals surface area (Å²) in [4.78, 5) is 24.5. The highest BCUT2D eigenvalue weighted by atomic mass is 32.1. The lowest BCUT2D eigenvalue weighted by Crippen LogP contribution is -2.17. The summed E-state index contributed by atoms with van der Waals surface area (Å²) in [7, 11) is 0. The second-order valence-corrected chi connectivity index (χ2v) is 7.89. The number of H-pyrrole nitrogens is 1. The minimum Gasteiger partial charge on any atom is -0.346 e. The number of fused-ring (bicyclic) bond motifs is 2. The topological polar surface area (TPSA) is 75.6 Å². The molecular weight excluding hydrogens is 427 g/mol. The molecule has 0 atom stereocenters. The first-order chi connectivity index (χ1) is 14.9. The van der Waals surface area contributed by atoms with E-state index in [1.165, 1.54) is 23.6 Å². The predicted octanol–water partition coefficient (Wildman–Crippen LogP) is 5.29. The lowest BCUT2D eigenvalue weighted by Gasteiger charge is -2.11. The van der Waals surface area contributed by atoms with Crippen LogP contribution in [0.2, 0.25) is 0 Å². The van der Waals surface area contributed by atoms with Crippen LogP contribution in [-0.4, -0.2) is 25.4 Å². The number of anilines is 1. The summed E-state index contributed by atoms with van der Waals surface area (Å²) in [5.41, 5.74) is 0.954. The van der Waals surface area contributed by atoms with Gasteiger partial charge < -0.3 is 14.9 Å². The van der Waals surface area contributed by atoms with Crippen LogP contribution in [0.1, 0.15) is 21.1 Å². The monoisotopic (exact) mass is 441 g/mol. The van der Waals surface area contributed by atoms with Crippen LogP contribution in [0.4, 0.5) is 18.9 Å². The molecule has 2 N–H and O–H groups in total. The molecule has 5 rings (SSSR count). The van der Waals surface area contributed by atoms with Crippen LogP contribution < -0.4 is 5.32 Å². The standard InChI is InChI=1S/C21H14F3N5OS/c22-21(23,24)14-2-1-12-8-17(29(16(12)9-14)11-18-25-5-6-31-18)20(30)28-15-7-13-3-4-26-19(13)27-10-15/h1-10H,11H2,(H,26,27)(H,28,30). The second-order valence-electron chi connectivity index (χ2n) is 6.91. The van der Waals surface area contributed by atoms with Gasteiger partial charge in [0.2, 0.25) is 0 Å². The van der Waals surface area contributed by atoms with Crippen molar-refractivity contribution in [2.75, 3.05) is 5.32 Å². The van der Waals surface area contributed by atoms with Crippen molar-refractivity contribution in [2.45, 2.75) is 12.7 Å². The van der Waals surface area contributed by atoms with Crippen LogP contribution in [0.3, 0.4) is 0 Å². The number of alkyl halides is 3. The van der Waals surface area contributed by atoms with Crippen molar-refractivity contribution >= 4 is 44.9 Å². The third-order valence-electron chi connectivity index (χ3n) is 4.90. The molecule has 4 heterocycles. The van der Waals surface area contributed by atoms with E-state index in [0.717, 1.165) is 17.5 Å². The molecule has 0 saturated heterocycles. The number of carbonyl (C=O) groups is 1. The van der Waals surface area contributed by atoms with Gasteiger partial charge >= 0.3 is 6.18 Å². The summed E-state index contributed by atoms with van der Waals surface area (Å²) in [5.74, 6) is -0.446. The van der Waals surface area contributed by atoms with E-state index in [-0.39, 0.29) is 12.2 Å². The van der Waals surface area contributed by atoms with Crippen molar-refractivity contribution in [3.63, 3.8) is 0 Å². The quantitative estimate of drug-likeness (QED) is 0.398. The lowest BCUT2D eigenvalue weighted by atomic mass is 10.1. The van der Waals surface area contributed by atoms with Gasteiger partial charge in [-0.15, -0.1) is 11.3 Å². The van der Waals surface area contributed by atoms with E-state index in [9.17, 15) is 18.0 Å². The fraction of sp³-hybridized carbons (Fsp3) is 0.0952. The van der Waals surface area contributed by atoms with Gasteiger partial charge in [0.15, 0.2) is 0 Å². The first-order valence-corrected chi connectivity index (χ1v) is 10.1. The van der Waals surface area contributed by atoms with E-state index < -0.39 is 17.6 Å². The van der Waals surface area contributed by atoms with Crippen molar-refractivity contribution < 1.29 is 18.0 Å². The minimum absolute atomic E-state index is 0.181. The number of hydrogen-bond acceptors (Lipinski definition) is 4. The zero-order chi connectivity index (χ0) is 21.6. The number of pyridine rings is 1. The summed E-state index contributed by atoms with van der Waals surface area (Å²) in [6, 6.07) is 8.64. The molecule has 4 aromatic heterocycles. The van der Waals surface area contributed by atoms with Gasteiger partial charge in [0, 0.05) is 34.1 Å². The van der Waals surface area contributed by atoms with Crippen LogP contribution in [0.5, 0.6) is 0 Å². The first kappa shape index (κ1) is 19.3. The third-order valence-corrected chi connectivity index (χ3v) is 5.66. The number of amides is 1. The molecular formula is C21H14F3N5OS. The highest BCUT2D eigenvalue weighted by Gasteiger charge is 2.31. The van der Waals surface area contributed by atoms with Crippen molar-refractivity contribution in [1.29, 1.82) is 0 Å². The number of halogens is 3. The van der Waals surface area contributed by atoms with Gasteiger partial charge in [0.05, 0.1) is 24.0 Å². The molecule has 5 aromatic rings. The summed E-state index contributed by atoms with van der Waals surface area (Å²) in [6.45, 7) is 0.181. The van der Waals surface area contributed by atoms with Gasteiger partial charge in [-0.05, 0) is 30.3 Å². The van der Waals surface area contributed by atoms with Crippen molar-refractivity contribution in [2.24, 2.45) is 0 Å². The number of hydrogen-bond donors (Lipinski definition) is 2. The number of aromatic amines is 1. The summed E-state index contributed by atoms with van der Waals surface area (Å²) >= 11 is 1.37. The first-order valence-electron chi connectivity index (χ1n) is 9.22. The fourth-order valence-corrected chi connectivity index (χ4v) is 4.06. The maximum Gasteiger partial charge on any atom is 0.416 e. The average Bonchev–Trinajstić information content (AvgIpc) is 3.47. The highest BCUT2D eigenvalue weighted by molar-refractivity contribution is 7.09. The Kier molecular flexibility index (Phi) is 4.51. The van der Waals surface area contributed by atoms with Gasteiger partial charge in [0.1, 0.15) is 16.3 Å². The summed E-state index contributed by atoms with van der Waals surface area (Å²) < 4.78 is 41.4. The minimum atomic E-state index is -4.48. The molecule has 1 amide bonds. The Balaban J connectivity index is 1.57. The van der Waals surface area contributed by atoms with Gasteiger partial charge in [-0.2, -0.15) is 13.2 Å².